The lowest BCUT2D eigenvalue weighted by atomic mass is 9.96. The fourth-order valence-corrected chi connectivity index (χ4v) is 5.32. The zero-order valence-electron chi connectivity index (χ0n) is 22.6. The third-order valence-corrected chi connectivity index (χ3v) is 7.62. The predicted octanol–water partition coefficient (Wildman–Crippen LogP) is 3.27. The standard InChI is InChI=1S/C29H41N5O4/c1-20-8-6-7-13-34(20)27(36)18-25(33-26(35)17-23-11-14-38-15-12-23)29(37)31-21(2)28-30-19-24(32-28)16-22-9-4-3-5-10-22/h3-5,9-10,19-21,23,25H,6-8,11-18H2,1-2H3,(H,30,32)(H,31,37)(H,33,35)/t20-,21?,25?/m0/s1. The maximum Gasteiger partial charge on any atom is 0.243 e. The van der Waals surface area contributed by atoms with Crippen LogP contribution >= 0.6 is 0 Å². The Kier molecular flexibility index (Phi) is 9.92. The molecule has 2 aliphatic rings. The molecule has 1 aromatic carbocycles. The Bertz CT molecular complexity index is 1070. The summed E-state index contributed by atoms with van der Waals surface area (Å²) in [6.07, 6.45) is 7.44. The highest BCUT2D eigenvalue weighted by molar-refractivity contribution is 5.92. The molecule has 2 aliphatic heterocycles. The topological polar surface area (TPSA) is 116 Å². The second-order valence-corrected chi connectivity index (χ2v) is 10.7. The number of piperidine rings is 1. The van der Waals surface area contributed by atoms with Gasteiger partial charge in [0.15, 0.2) is 0 Å². The van der Waals surface area contributed by atoms with Gasteiger partial charge < -0.3 is 25.3 Å². The van der Waals surface area contributed by atoms with Crippen LogP contribution in [0.4, 0.5) is 0 Å². The molecule has 0 bridgehead atoms. The molecule has 3 N–H and O–H groups in total. The minimum atomic E-state index is -0.940. The highest BCUT2D eigenvalue weighted by atomic mass is 16.5. The smallest absolute Gasteiger partial charge is 0.243 e. The quantitative estimate of drug-likeness (QED) is 0.442. The molecule has 0 aliphatic carbocycles. The first-order chi connectivity index (χ1) is 18.4. The third kappa shape index (κ3) is 7.90. The van der Waals surface area contributed by atoms with Gasteiger partial charge in [-0.25, -0.2) is 4.98 Å². The number of aromatic amines is 1. The summed E-state index contributed by atoms with van der Waals surface area (Å²) in [5, 5.41) is 5.84. The van der Waals surface area contributed by atoms with Crippen molar-refractivity contribution in [3.8, 4) is 0 Å². The van der Waals surface area contributed by atoms with Crippen molar-refractivity contribution in [1.29, 1.82) is 0 Å². The van der Waals surface area contributed by atoms with Gasteiger partial charge in [-0.3, -0.25) is 14.4 Å². The minimum absolute atomic E-state index is 0.0557. The maximum absolute atomic E-state index is 13.4. The van der Waals surface area contributed by atoms with Gasteiger partial charge in [0.05, 0.1) is 12.5 Å². The Morgan fingerprint density at radius 2 is 1.87 bits per heavy atom. The molecule has 206 valence electrons. The van der Waals surface area contributed by atoms with Gasteiger partial charge in [0.1, 0.15) is 11.9 Å². The number of amides is 3. The van der Waals surface area contributed by atoms with E-state index >= 15 is 0 Å². The van der Waals surface area contributed by atoms with Gasteiger partial charge in [0, 0.05) is 50.5 Å². The summed E-state index contributed by atoms with van der Waals surface area (Å²) in [6.45, 7) is 5.89. The normalized spacial score (nSPS) is 19.9. The van der Waals surface area contributed by atoms with Gasteiger partial charge in [-0.15, -0.1) is 0 Å². The lowest BCUT2D eigenvalue weighted by Gasteiger charge is -2.34. The number of nitrogens with zero attached hydrogens (tertiary/aromatic N) is 2. The summed E-state index contributed by atoms with van der Waals surface area (Å²) in [5.74, 6) is 0.187. The first kappa shape index (κ1) is 27.8. The fraction of sp³-hybridized carbons (Fsp3) is 0.586. The molecule has 9 nitrogen and oxygen atoms in total. The highest BCUT2D eigenvalue weighted by Crippen LogP contribution is 2.20. The number of aromatic nitrogens is 2. The average molecular weight is 524 g/mol. The van der Waals surface area contributed by atoms with Gasteiger partial charge in [-0.1, -0.05) is 30.3 Å². The number of rotatable bonds is 10. The Hall–Kier alpha value is -3.20. The van der Waals surface area contributed by atoms with E-state index in [1.54, 1.807) is 6.20 Å². The second-order valence-electron chi connectivity index (χ2n) is 10.7. The Morgan fingerprint density at radius 1 is 1.11 bits per heavy atom. The fourth-order valence-electron chi connectivity index (χ4n) is 5.32. The second kappa shape index (κ2) is 13.6. The van der Waals surface area contributed by atoms with Crippen LogP contribution in [0.3, 0.4) is 0 Å². The number of ether oxygens (including phenoxy) is 1. The number of carbonyl (C=O) groups is 3. The van der Waals surface area contributed by atoms with Crippen LogP contribution in [0.2, 0.25) is 0 Å². The number of nitrogens with one attached hydrogen (secondary N) is 3. The summed E-state index contributed by atoms with van der Waals surface area (Å²) in [7, 11) is 0. The highest BCUT2D eigenvalue weighted by Gasteiger charge is 2.31. The van der Waals surface area contributed by atoms with Crippen LogP contribution in [-0.2, 0) is 25.5 Å². The van der Waals surface area contributed by atoms with Crippen molar-refractivity contribution in [3.05, 3.63) is 53.6 Å². The van der Waals surface area contributed by atoms with Crippen LogP contribution < -0.4 is 10.6 Å². The number of hydrogen-bond acceptors (Lipinski definition) is 5. The molecule has 0 radical (unpaired) electrons. The minimum Gasteiger partial charge on any atom is -0.381 e. The van der Waals surface area contributed by atoms with Gasteiger partial charge in [-0.2, -0.15) is 0 Å². The van der Waals surface area contributed by atoms with Gasteiger partial charge in [0.2, 0.25) is 17.7 Å². The molecule has 3 heterocycles. The number of carbonyl (C=O) groups excluding carboxylic acids is 3. The number of hydrogen-bond donors (Lipinski definition) is 3. The monoisotopic (exact) mass is 523 g/mol. The molecule has 2 unspecified atom stereocenters. The molecule has 2 aromatic rings. The lowest BCUT2D eigenvalue weighted by molar-refractivity contribution is -0.138. The maximum atomic E-state index is 13.4. The Labute approximate surface area is 225 Å². The van der Waals surface area contributed by atoms with Crippen LogP contribution in [0.25, 0.3) is 0 Å². The zero-order chi connectivity index (χ0) is 26.9. The molecule has 4 rings (SSSR count). The summed E-state index contributed by atoms with van der Waals surface area (Å²) in [4.78, 5) is 49.1. The van der Waals surface area contributed by atoms with Crippen LogP contribution in [0.15, 0.2) is 36.5 Å². The van der Waals surface area contributed by atoms with E-state index in [0.29, 0.717) is 38.4 Å². The molecule has 2 saturated heterocycles. The molecule has 3 amide bonds. The van der Waals surface area contributed by atoms with E-state index in [1.165, 1.54) is 0 Å². The van der Waals surface area contributed by atoms with E-state index in [2.05, 4.69) is 32.7 Å². The molecule has 2 fully saturated rings. The lowest BCUT2D eigenvalue weighted by Crippen LogP contribution is -2.51. The van der Waals surface area contributed by atoms with Crippen LogP contribution in [-0.4, -0.2) is 64.4 Å². The van der Waals surface area contributed by atoms with E-state index in [0.717, 1.165) is 43.4 Å². The van der Waals surface area contributed by atoms with Crippen molar-refractivity contribution in [2.75, 3.05) is 19.8 Å². The SMILES string of the molecule is CC(NC(=O)C(CC(=O)N1CCCC[C@@H]1C)NC(=O)CC1CCOCC1)c1ncc(Cc2ccccc2)[nH]1. The molecule has 0 spiro atoms. The predicted molar refractivity (Wildman–Crippen MR) is 144 cm³/mol. The van der Waals surface area contributed by atoms with Crippen molar-refractivity contribution in [2.24, 2.45) is 5.92 Å². The molecule has 1 aromatic heterocycles. The van der Waals surface area contributed by atoms with Crippen molar-refractivity contribution in [1.82, 2.24) is 25.5 Å². The van der Waals surface area contributed by atoms with Gasteiger partial charge >= 0.3 is 0 Å². The molecule has 3 atom stereocenters. The first-order valence-electron chi connectivity index (χ1n) is 13.9. The largest absolute Gasteiger partial charge is 0.381 e. The summed E-state index contributed by atoms with van der Waals surface area (Å²) in [6, 6.07) is 8.88. The summed E-state index contributed by atoms with van der Waals surface area (Å²) < 4.78 is 5.40. The summed E-state index contributed by atoms with van der Waals surface area (Å²) >= 11 is 0. The van der Waals surface area contributed by atoms with Crippen LogP contribution in [0.5, 0.6) is 0 Å². The van der Waals surface area contributed by atoms with Gasteiger partial charge in [-0.05, 0) is 57.4 Å². The van der Waals surface area contributed by atoms with Crippen LogP contribution in [0.1, 0.15) is 81.9 Å². The number of benzene rings is 1. The molecule has 0 saturated carbocycles. The van der Waals surface area contributed by atoms with Gasteiger partial charge in [0.25, 0.3) is 0 Å². The van der Waals surface area contributed by atoms with Crippen molar-refractivity contribution in [3.63, 3.8) is 0 Å². The summed E-state index contributed by atoms with van der Waals surface area (Å²) in [5.41, 5.74) is 2.11. The Balaban J connectivity index is 1.39. The van der Waals surface area contributed by atoms with Crippen molar-refractivity contribution in [2.45, 2.75) is 83.3 Å². The first-order valence-corrected chi connectivity index (χ1v) is 13.9. The van der Waals surface area contributed by atoms with E-state index in [1.807, 2.05) is 36.9 Å². The van der Waals surface area contributed by atoms with Crippen molar-refractivity contribution >= 4 is 17.7 Å². The van der Waals surface area contributed by atoms with E-state index < -0.39 is 12.1 Å². The number of imidazole rings is 1. The number of H-pyrrole nitrogens is 1. The van der Waals surface area contributed by atoms with Crippen molar-refractivity contribution < 1.29 is 19.1 Å². The molecule has 38 heavy (non-hydrogen) atoms. The van der Waals surface area contributed by atoms with E-state index in [9.17, 15) is 14.4 Å². The van der Waals surface area contributed by atoms with E-state index in [-0.39, 0.29) is 36.1 Å². The molecular formula is C29H41N5O4. The number of likely N-dealkylation sites (tertiary alicyclic amines) is 1. The zero-order valence-corrected chi connectivity index (χ0v) is 22.6. The third-order valence-electron chi connectivity index (χ3n) is 7.62. The van der Waals surface area contributed by atoms with E-state index in [4.69, 9.17) is 4.74 Å². The Morgan fingerprint density at radius 3 is 2.61 bits per heavy atom. The molecule has 9 heteroatoms. The molecular weight excluding hydrogens is 482 g/mol. The average Bonchev–Trinajstić information content (AvgIpc) is 3.38. The van der Waals surface area contributed by atoms with Crippen LogP contribution in [0, 0.1) is 5.92 Å².